The molecule has 0 saturated carbocycles. The molecule has 2 aromatic carbocycles. The zero-order valence-electron chi connectivity index (χ0n) is 17.2. The van der Waals surface area contributed by atoms with Crippen LogP contribution in [0, 0.1) is 0 Å². The summed E-state index contributed by atoms with van der Waals surface area (Å²) in [7, 11) is 1.42. The van der Waals surface area contributed by atoms with Crippen molar-refractivity contribution >= 4 is 18.1 Å². The summed E-state index contributed by atoms with van der Waals surface area (Å²) in [6.07, 6.45) is -2.60. The molecule has 7 nitrogen and oxygen atoms in total. The van der Waals surface area contributed by atoms with Crippen molar-refractivity contribution < 1.29 is 22.7 Å². The molecule has 32 heavy (non-hydrogen) atoms. The maximum absolute atomic E-state index is 13.2. The summed E-state index contributed by atoms with van der Waals surface area (Å²) in [5, 5.41) is 0. The molecule has 0 bridgehead atoms. The van der Waals surface area contributed by atoms with Gasteiger partial charge in [-0.2, -0.15) is 13.2 Å². The lowest BCUT2D eigenvalue weighted by molar-refractivity contribution is -0.129. The van der Waals surface area contributed by atoms with Gasteiger partial charge >= 0.3 is 6.18 Å². The van der Waals surface area contributed by atoms with Gasteiger partial charge in [0.15, 0.2) is 11.5 Å². The first-order valence-electron chi connectivity index (χ1n) is 9.57. The van der Waals surface area contributed by atoms with Crippen LogP contribution < -0.4 is 16.2 Å². The van der Waals surface area contributed by atoms with E-state index < -0.39 is 24.2 Å². The minimum atomic E-state index is -4.51. The second kappa shape index (κ2) is 9.13. The Labute approximate surface area is 182 Å². The molecule has 1 unspecified atom stereocenters. The lowest BCUT2D eigenvalue weighted by Gasteiger charge is -2.26. The highest BCUT2D eigenvalue weighted by molar-refractivity contribution is 6.12. The quantitative estimate of drug-likeness (QED) is 0.639. The van der Waals surface area contributed by atoms with E-state index in [0.29, 0.717) is 11.3 Å². The third kappa shape index (κ3) is 4.74. The van der Waals surface area contributed by atoms with E-state index in [1.807, 2.05) is 30.3 Å². The Kier molecular flexibility index (Phi) is 6.52. The highest BCUT2D eigenvalue weighted by Gasteiger charge is 2.50. The zero-order chi connectivity index (χ0) is 23.4. The Morgan fingerprint density at radius 2 is 1.94 bits per heavy atom. The molecule has 168 valence electrons. The van der Waals surface area contributed by atoms with Crippen LogP contribution in [-0.2, 0) is 16.9 Å². The minimum absolute atomic E-state index is 0.0424. The van der Waals surface area contributed by atoms with Crippen LogP contribution in [0.5, 0.6) is 5.75 Å². The molecule has 0 aromatic heterocycles. The Morgan fingerprint density at radius 3 is 2.53 bits per heavy atom. The summed E-state index contributed by atoms with van der Waals surface area (Å²) in [5.41, 5.74) is 11.0. The number of amides is 1. The van der Waals surface area contributed by atoms with Gasteiger partial charge in [0.1, 0.15) is 18.9 Å². The fourth-order valence-corrected chi connectivity index (χ4v) is 3.24. The van der Waals surface area contributed by atoms with Crippen LogP contribution in [0.4, 0.5) is 13.2 Å². The van der Waals surface area contributed by atoms with Gasteiger partial charge in [0, 0.05) is 25.0 Å². The van der Waals surface area contributed by atoms with Gasteiger partial charge in [-0.25, -0.2) is 4.99 Å². The average molecular weight is 445 g/mol. The topological polar surface area (TPSA) is 106 Å². The van der Waals surface area contributed by atoms with Gasteiger partial charge < -0.3 is 16.2 Å². The summed E-state index contributed by atoms with van der Waals surface area (Å²) < 4.78 is 43.6. The van der Waals surface area contributed by atoms with Gasteiger partial charge in [0.2, 0.25) is 0 Å². The molecule has 3 rings (SSSR count). The van der Waals surface area contributed by atoms with Crippen LogP contribution in [0.1, 0.15) is 11.1 Å². The standard InChI is InChI=1S/C22H22F3N5O2/c1-30-19(31)22(29-20(30)27,17(11-26)12-28-14-21(23,24)25)16-8-5-9-18(10-16)32-13-15-6-3-2-4-7-15/h2-12H,13-14,26H2,1H3,(H2,27,29). The molecule has 1 heterocycles. The first-order chi connectivity index (χ1) is 15.2. The first-order valence-corrected chi connectivity index (χ1v) is 9.57. The Bertz CT molecular complexity index is 1070. The summed E-state index contributed by atoms with van der Waals surface area (Å²) in [5.74, 6) is -0.245. The molecule has 0 saturated heterocycles. The van der Waals surface area contributed by atoms with Crippen LogP contribution in [0.25, 0.3) is 0 Å². The Balaban J connectivity index is 1.99. The van der Waals surface area contributed by atoms with Gasteiger partial charge in [-0.3, -0.25) is 14.7 Å². The fraction of sp³-hybridized carbons (Fsp3) is 0.227. The number of ether oxygens (including phenoxy) is 1. The molecule has 4 N–H and O–H groups in total. The molecule has 2 aromatic rings. The van der Waals surface area contributed by atoms with Gasteiger partial charge in [-0.1, -0.05) is 42.5 Å². The summed E-state index contributed by atoms with van der Waals surface area (Å²) in [6, 6.07) is 16.0. The third-order valence-corrected chi connectivity index (χ3v) is 4.84. The van der Waals surface area contributed by atoms with Gasteiger partial charge in [-0.05, 0) is 23.3 Å². The van der Waals surface area contributed by atoms with Gasteiger partial charge in [0.25, 0.3) is 5.91 Å². The molecule has 1 amide bonds. The second-order valence-electron chi connectivity index (χ2n) is 7.05. The van der Waals surface area contributed by atoms with E-state index in [2.05, 4.69) is 9.98 Å². The number of hydrogen-bond donors (Lipinski definition) is 2. The summed E-state index contributed by atoms with van der Waals surface area (Å²) >= 11 is 0. The SMILES string of the molecule is CN1C(=O)C(C(C=NCC(F)(F)F)=CN)(c2cccc(OCc3ccccc3)c2)N=C1N. The van der Waals surface area contributed by atoms with Crippen molar-refractivity contribution in [1.82, 2.24) is 4.90 Å². The first kappa shape index (κ1) is 22.9. The van der Waals surface area contributed by atoms with Gasteiger partial charge in [-0.15, -0.1) is 0 Å². The molecular weight excluding hydrogens is 423 g/mol. The second-order valence-corrected chi connectivity index (χ2v) is 7.05. The van der Waals surface area contributed by atoms with Crippen LogP contribution in [0.15, 0.2) is 76.4 Å². The van der Waals surface area contributed by atoms with Crippen molar-refractivity contribution in [3.05, 3.63) is 77.5 Å². The minimum Gasteiger partial charge on any atom is -0.489 e. The van der Waals surface area contributed by atoms with Gasteiger partial charge in [0.05, 0.1) is 0 Å². The fourth-order valence-electron chi connectivity index (χ4n) is 3.24. The van der Waals surface area contributed by atoms with Crippen LogP contribution in [-0.4, -0.2) is 42.7 Å². The molecule has 0 spiro atoms. The number of guanidine groups is 1. The monoisotopic (exact) mass is 445 g/mol. The number of carbonyl (C=O) groups is 1. The van der Waals surface area contributed by atoms with E-state index in [9.17, 15) is 18.0 Å². The predicted molar refractivity (Wildman–Crippen MR) is 115 cm³/mol. The van der Waals surface area contributed by atoms with Crippen LogP contribution in [0.3, 0.4) is 0 Å². The van der Waals surface area contributed by atoms with Crippen molar-refractivity contribution in [2.24, 2.45) is 21.5 Å². The molecule has 1 aliphatic rings. The molecule has 0 radical (unpaired) electrons. The van der Waals surface area contributed by atoms with Crippen LogP contribution >= 0.6 is 0 Å². The van der Waals surface area contributed by atoms with Crippen molar-refractivity contribution in [3.8, 4) is 5.75 Å². The van der Waals surface area contributed by atoms with Crippen molar-refractivity contribution in [2.75, 3.05) is 13.6 Å². The van der Waals surface area contributed by atoms with Crippen molar-refractivity contribution in [1.29, 1.82) is 0 Å². The molecule has 1 atom stereocenters. The number of carbonyl (C=O) groups excluding carboxylic acids is 1. The highest BCUT2D eigenvalue weighted by Crippen LogP contribution is 2.39. The lowest BCUT2D eigenvalue weighted by atomic mass is 9.83. The number of nitrogens with zero attached hydrogens (tertiary/aromatic N) is 3. The maximum Gasteiger partial charge on any atom is 0.407 e. The summed E-state index contributed by atoms with van der Waals surface area (Å²) in [6.45, 7) is -1.15. The number of halogens is 3. The molecule has 10 heteroatoms. The summed E-state index contributed by atoms with van der Waals surface area (Å²) in [4.78, 5) is 22.0. The van der Waals surface area contributed by atoms with E-state index >= 15 is 0 Å². The maximum atomic E-state index is 13.2. The van der Waals surface area contributed by atoms with Crippen molar-refractivity contribution in [2.45, 2.75) is 18.3 Å². The third-order valence-electron chi connectivity index (χ3n) is 4.84. The molecule has 0 fully saturated rings. The largest absolute Gasteiger partial charge is 0.489 e. The van der Waals surface area contributed by atoms with E-state index in [1.165, 1.54) is 7.05 Å². The number of hydrogen-bond acceptors (Lipinski definition) is 6. The zero-order valence-corrected chi connectivity index (χ0v) is 17.2. The smallest absolute Gasteiger partial charge is 0.407 e. The average Bonchev–Trinajstić information content (AvgIpc) is 3.00. The Morgan fingerprint density at radius 1 is 1.22 bits per heavy atom. The Hall–Kier alpha value is -3.82. The van der Waals surface area contributed by atoms with E-state index in [0.717, 1.165) is 22.9 Å². The number of likely N-dealkylation sites (N-methyl/N-ethyl adjacent to an activating group) is 1. The number of benzene rings is 2. The number of aliphatic imine (C=N–C) groups is 2. The number of alkyl halides is 3. The number of rotatable bonds is 7. The number of nitrogens with two attached hydrogens (primary N) is 2. The molecule has 0 aliphatic carbocycles. The predicted octanol–water partition coefficient (Wildman–Crippen LogP) is 2.72. The van der Waals surface area contributed by atoms with E-state index in [-0.39, 0.29) is 18.1 Å². The lowest BCUT2D eigenvalue weighted by Crippen LogP contribution is -2.42. The van der Waals surface area contributed by atoms with Crippen LogP contribution in [0.2, 0.25) is 0 Å². The normalized spacial score (nSPS) is 19.5. The van der Waals surface area contributed by atoms with E-state index in [4.69, 9.17) is 16.2 Å². The van der Waals surface area contributed by atoms with E-state index in [1.54, 1.807) is 24.3 Å². The van der Waals surface area contributed by atoms with Crippen molar-refractivity contribution in [3.63, 3.8) is 0 Å². The molecule has 1 aliphatic heterocycles. The highest BCUT2D eigenvalue weighted by atomic mass is 19.4. The molecular formula is C22H22F3N5O2.